The number of rotatable bonds is 4. The average molecular weight is 355 g/mol. The van der Waals surface area contributed by atoms with E-state index in [2.05, 4.69) is 15.9 Å². The number of Topliss-reactive ketones (excluding diaryl/α,β-unsaturated/α-hetero) is 1. The van der Waals surface area contributed by atoms with Crippen LogP contribution in [0.4, 0.5) is 4.79 Å². The van der Waals surface area contributed by atoms with Gasteiger partial charge in [-0.25, -0.2) is 9.59 Å². The van der Waals surface area contributed by atoms with E-state index in [-0.39, 0.29) is 12.4 Å². The summed E-state index contributed by atoms with van der Waals surface area (Å²) in [7, 11) is 0. The molecule has 7 heteroatoms. The number of esters is 1. The van der Waals surface area contributed by atoms with Crippen LogP contribution in [0.5, 0.6) is 0 Å². The highest BCUT2D eigenvalue weighted by molar-refractivity contribution is 9.10. The Morgan fingerprint density at radius 3 is 2.57 bits per heavy atom. The van der Waals surface area contributed by atoms with E-state index in [1.54, 1.807) is 24.3 Å². The lowest BCUT2D eigenvalue weighted by Gasteiger charge is -2.20. The van der Waals surface area contributed by atoms with Crippen molar-refractivity contribution in [2.24, 2.45) is 5.73 Å². The van der Waals surface area contributed by atoms with Gasteiger partial charge in [-0.1, -0.05) is 28.1 Å². The van der Waals surface area contributed by atoms with E-state index >= 15 is 0 Å². The van der Waals surface area contributed by atoms with Gasteiger partial charge in [0, 0.05) is 16.6 Å². The van der Waals surface area contributed by atoms with Crippen molar-refractivity contribution in [2.45, 2.75) is 18.9 Å². The number of hydrogen-bond donors (Lipinski definition) is 1. The summed E-state index contributed by atoms with van der Waals surface area (Å²) in [5, 5.41) is 0. The first-order chi connectivity index (χ1) is 9.99. The van der Waals surface area contributed by atoms with Crippen LogP contribution in [0.2, 0.25) is 0 Å². The third-order valence-corrected chi connectivity index (χ3v) is 3.85. The third-order valence-electron chi connectivity index (χ3n) is 3.32. The van der Waals surface area contributed by atoms with Crippen LogP contribution in [-0.4, -0.2) is 41.9 Å². The second kappa shape index (κ2) is 6.71. The summed E-state index contributed by atoms with van der Waals surface area (Å²) in [6.45, 7) is 0.0966. The molecule has 0 bridgehead atoms. The molecule has 2 rings (SSSR count). The van der Waals surface area contributed by atoms with Crippen LogP contribution >= 0.6 is 15.9 Å². The fraction of sp³-hybridized carbons (Fsp3) is 0.357. The predicted molar refractivity (Wildman–Crippen MR) is 78.7 cm³/mol. The Hall–Kier alpha value is -1.89. The molecular weight excluding hydrogens is 340 g/mol. The summed E-state index contributed by atoms with van der Waals surface area (Å²) in [6.07, 6.45) is 1.21. The highest BCUT2D eigenvalue weighted by Crippen LogP contribution is 2.18. The van der Waals surface area contributed by atoms with Gasteiger partial charge in [-0.2, -0.15) is 0 Å². The largest absolute Gasteiger partial charge is 0.456 e. The van der Waals surface area contributed by atoms with E-state index in [1.165, 1.54) is 4.90 Å². The Balaban J connectivity index is 1.90. The van der Waals surface area contributed by atoms with Crippen molar-refractivity contribution in [3.05, 3.63) is 34.3 Å². The maximum absolute atomic E-state index is 11.9. The molecule has 0 saturated carbocycles. The van der Waals surface area contributed by atoms with Crippen molar-refractivity contribution in [1.82, 2.24) is 4.90 Å². The highest BCUT2D eigenvalue weighted by Gasteiger charge is 2.34. The molecule has 0 spiro atoms. The summed E-state index contributed by atoms with van der Waals surface area (Å²) in [5.74, 6) is -0.878. The zero-order valence-electron chi connectivity index (χ0n) is 11.3. The van der Waals surface area contributed by atoms with E-state index in [9.17, 15) is 14.4 Å². The molecule has 2 N–H and O–H groups in total. The highest BCUT2D eigenvalue weighted by atomic mass is 79.9. The fourth-order valence-electron chi connectivity index (χ4n) is 2.23. The van der Waals surface area contributed by atoms with Crippen molar-refractivity contribution < 1.29 is 19.1 Å². The molecule has 1 heterocycles. The average Bonchev–Trinajstić information content (AvgIpc) is 2.95. The first kappa shape index (κ1) is 15.5. The summed E-state index contributed by atoms with van der Waals surface area (Å²) < 4.78 is 5.86. The molecule has 0 aromatic heterocycles. The van der Waals surface area contributed by atoms with Crippen LogP contribution in [0.1, 0.15) is 23.2 Å². The van der Waals surface area contributed by atoms with Gasteiger partial charge in [0.1, 0.15) is 6.04 Å². The van der Waals surface area contributed by atoms with Gasteiger partial charge in [0.2, 0.25) is 0 Å². The first-order valence-corrected chi connectivity index (χ1v) is 7.30. The monoisotopic (exact) mass is 354 g/mol. The van der Waals surface area contributed by atoms with E-state index in [1.807, 2.05) is 0 Å². The van der Waals surface area contributed by atoms with Crippen molar-refractivity contribution in [2.75, 3.05) is 13.2 Å². The number of ether oxygens (including phenoxy) is 1. The van der Waals surface area contributed by atoms with Crippen LogP contribution in [-0.2, 0) is 9.53 Å². The number of likely N-dealkylation sites (tertiary alicyclic amines) is 1. The Morgan fingerprint density at radius 2 is 1.95 bits per heavy atom. The van der Waals surface area contributed by atoms with Crippen LogP contribution in [0.3, 0.4) is 0 Å². The molecule has 0 aliphatic carbocycles. The summed E-state index contributed by atoms with van der Waals surface area (Å²) >= 11 is 3.28. The number of halogens is 1. The lowest BCUT2D eigenvalue weighted by atomic mass is 10.1. The Morgan fingerprint density at radius 1 is 1.29 bits per heavy atom. The van der Waals surface area contributed by atoms with E-state index in [0.29, 0.717) is 24.9 Å². The van der Waals surface area contributed by atoms with Crippen molar-refractivity contribution in [3.63, 3.8) is 0 Å². The number of carbonyl (C=O) groups excluding carboxylic acids is 3. The second-order valence-corrected chi connectivity index (χ2v) is 5.64. The molecule has 1 unspecified atom stereocenters. The molecular formula is C14H15BrN2O4. The molecule has 1 aromatic rings. The smallest absolute Gasteiger partial charge is 0.329 e. The standard InChI is InChI=1S/C14H15BrN2O4/c15-10-5-3-9(4-6-10)12(18)8-21-13(19)11-2-1-7-17(11)14(16)20/h3-6,11H,1-2,7-8H2,(H2,16,20). The van der Waals surface area contributed by atoms with Gasteiger partial charge in [0.25, 0.3) is 0 Å². The van der Waals surface area contributed by atoms with Crippen molar-refractivity contribution in [1.29, 1.82) is 0 Å². The lowest BCUT2D eigenvalue weighted by molar-refractivity contribution is -0.146. The SMILES string of the molecule is NC(=O)N1CCCC1C(=O)OCC(=O)c1ccc(Br)cc1. The zero-order valence-corrected chi connectivity index (χ0v) is 12.8. The van der Waals surface area contributed by atoms with Crippen LogP contribution in [0.25, 0.3) is 0 Å². The lowest BCUT2D eigenvalue weighted by Crippen LogP contribution is -2.44. The fourth-order valence-corrected chi connectivity index (χ4v) is 2.49. The minimum atomic E-state index is -0.680. The quantitative estimate of drug-likeness (QED) is 0.658. The number of nitrogens with zero attached hydrogens (tertiary/aromatic N) is 1. The van der Waals surface area contributed by atoms with Gasteiger partial charge in [0.15, 0.2) is 12.4 Å². The molecule has 112 valence electrons. The third kappa shape index (κ3) is 3.81. The number of carbonyl (C=O) groups is 3. The Labute approximate surface area is 130 Å². The van der Waals surface area contributed by atoms with Gasteiger partial charge in [-0.3, -0.25) is 4.79 Å². The number of nitrogens with two attached hydrogens (primary N) is 1. The first-order valence-electron chi connectivity index (χ1n) is 6.50. The summed E-state index contributed by atoms with van der Waals surface area (Å²) in [5.41, 5.74) is 5.66. The van der Waals surface area contributed by atoms with Gasteiger partial charge in [-0.05, 0) is 25.0 Å². The van der Waals surface area contributed by atoms with Gasteiger partial charge < -0.3 is 15.4 Å². The van der Waals surface area contributed by atoms with Crippen LogP contribution < -0.4 is 5.73 Å². The molecule has 1 atom stereocenters. The number of amides is 2. The molecule has 21 heavy (non-hydrogen) atoms. The minimum Gasteiger partial charge on any atom is -0.456 e. The van der Waals surface area contributed by atoms with Crippen molar-refractivity contribution >= 4 is 33.7 Å². The van der Waals surface area contributed by atoms with E-state index < -0.39 is 18.0 Å². The predicted octanol–water partition coefficient (Wildman–Crippen LogP) is 1.72. The number of hydrogen-bond acceptors (Lipinski definition) is 4. The van der Waals surface area contributed by atoms with Gasteiger partial charge >= 0.3 is 12.0 Å². The number of urea groups is 1. The number of ketones is 1. The van der Waals surface area contributed by atoms with Crippen LogP contribution in [0, 0.1) is 0 Å². The van der Waals surface area contributed by atoms with Crippen molar-refractivity contribution in [3.8, 4) is 0 Å². The molecule has 1 aliphatic rings. The molecule has 1 aliphatic heterocycles. The Kier molecular flexibility index (Phi) is 4.95. The van der Waals surface area contributed by atoms with Gasteiger partial charge in [-0.15, -0.1) is 0 Å². The second-order valence-electron chi connectivity index (χ2n) is 4.73. The zero-order chi connectivity index (χ0) is 15.4. The van der Waals surface area contributed by atoms with Gasteiger partial charge in [0.05, 0.1) is 0 Å². The maximum Gasteiger partial charge on any atom is 0.329 e. The maximum atomic E-state index is 11.9. The molecule has 1 aromatic carbocycles. The van der Waals surface area contributed by atoms with Crippen LogP contribution in [0.15, 0.2) is 28.7 Å². The number of primary amides is 1. The normalized spacial score (nSPS) is 17.6. The van der Waals surface area contributed by atoms with E-state index in [0.717, 1.165) is 4.47 Å². The minimum absolute atomic E-state index is 0.292. The van der Waals surface area contributed by atoms with E-state index in [4.69, 9.17) is 10.5 Å². The summed E-state index contributed by atoms with van der Waals surface area (Å²) in [6, 6.07) is 5.44. The molecule has 6 nitrogen and oxygen atoms in total. The molecule has 1 saturated heterocycles. The molecule has 1 fully saturated rings. The molecule has 0 radical (unpaired) electrons. The number of benzene rings is 1. The Bertz CT molecular complexity index is 559. The molecule has 2 amide bonds. The summed E-state index contributed by atoms with van der Waals surface area (Å²) in [4.78, 5) is 36.3. The topological polar surface area (TPSA) is 89.7 Å².